The van der Waals surface area contributed by atoms with E-state index in [1.807, 2.05) is 43.2 Å². The molecule has 2 aliphatic rings. The second-order valence-corrected chi connectivity index (χ2v) is 8.07. The number of rotatable bonds is 2. The van der Waals surface area contributed by atoms with Crippen molar-refractivity contribution in [3.05, 3.63) is 94.6 Å². The van der Waals surface area contributed by atoms with Crippen molar-refractivity contribution in [3.8, 4) is 0 Å². The quantitative estimate of drug-likeness (QED) is 0.732. The second-order valence-electron chi connectivity index (χ2n) is 8.07. The summed E-state index contributed by atoms with van der Waals surface area (Å²) in [6, 6.07) is 20.4. The standard InChI is InChI=1S/C13H16N2.C12H14N2.CH2O/c1-14-13(8-10-15(2)11-9-13)12-6-4-3-5-7-12;1-13-12(7-9-14-10-8-12)11-5-3-2-4-6-11;1-2/h3-7H,8-11H2,2H3;2-6,14H,7-10H2;1H2. The van der Waals surface area contributed by atoms with Crippen LogP contribution in [-0.2, 0) is 15.9 Å². The first-order chi connectivity index (χ1) is 15.1. The monoisotopic (exact) mass is 416 g/mol. The van der Waals surface area contributed by atoms with Gasteiger partial charge in [-0.15, -0.1) is 0 Å². The van der Waals surface area contributed by atoms with Crippen LogP contribution in [0.15, 0.2) is 60.7 Å². The van der Waals surface area contributed by atoms with E-state index in [-0.39, 0.29) is 11.1 Å². The lowest BCUT2D eigenvalue weighted by Gasteiger charge is -2.31. The fraction of sp³-hybridized carbons (Fsp3) is 0.423. The molecule has 5 nitrogen and oxygen atoms in total. The molecular formula is C26H32N4O. The Balaban J connectivity index is 0.000000204. The van der Waals surface area contributed by atoms with Crippen molar-refractivity contribution in [1.29, 1.82) is 0 Å². The highest BCUT2D eigenvalue weighted by Gasteiger charge is 2.41. The maximum absolute atomic E-state index is 8.00. The lowest BCUT2D eigenvalue weighted by Crippen LogP contribution is -2.38. The fourth-order valence-electron chi connectivity index (χ4n) is 4.26. The van der Waals surface area contributed by atoms with Crippen LogP contribution in [0.25, 0.3) is 9.69 Å². The van der Waals surface area contributed by atoms with E-state index in [2.05, 4.69) is 51.2 Å². The zero-order chi connectivity index (χ0) is 22.6. The van der Waals surface area contributed by atoms with Crippen LogP contribution in [0.5, 0.6) is 0 Å². The van der Waals surface area contributed by atoms with Gasteiger partial charge in [-0.3, -0.25) is 0 Å². The first-order valence-corrected chi connectivity index (χ1v) is 10.7. The van der Waals surface area contributed by atoms with Gasteiger partial charge >= 0.3 is 0 Å². The van der Waals surface area contributed by atoms with Crippen molar-refractivity contribution in [3.63, 3.8) is 0 Å². The highest BCUT2D eigenvalue weighted by Crippen LogP contribution is 2.36. The van der Waals surface area contributed by atoms with Gasteiger partial charge in [0.25, 0.3) is 11.1 Å². The second kappa shape index (κ2) is 12.0. The molecule has 5 heteroatoms. The number of nitrogens with one attached hydrogen (secondary N) is 1. The van der Waals surface area contributed by atoms with Crippen molar-refractivity contribution in [1.82, 2.24) is 10.2 Å². The fourth-order valence-corrected chi connectivity index (χ4v) is 4.26. The molecule has 0 saturated carbocycles. The van der Waals surface area contributed by atoms with Gasteiger partial charge < -0.3 is 24.7 Å². The molecule has 0 atom stereocenters. The van der Waals surface area contributed by atoms with Gasteiger partial charge in [-0.25, -0.2) is 13.1 Å². The zero-order valence-electron chi connectivity index (χ0n) is 18.4. The van der Waals surface area contributed by atoms with Crippen molar-refractivity contribution >= 4 is 6.79 Å². The molecule has 0 unspecified atom stereocenters. The molecule has 2 aromatic rings. The maximum atomic E-state index is 8.00. The van der Waals surface area contributed by atoms with Gasteiger partial charge in [-0.05, 0) is 7.05 Å². The minimum atomic E-state index is -0.257. The van der Waals surface area contributed by atoms with Crippen LogP contribution in [0.1, 0.15) is 36.8 Å². The molecule has 162 valence electrons. The Hall–Kier alpha value is -2.99. The summed E-state index contributed by atoms with van der Waals surface area (Å²) in [6.07, 6.45) is 3.77. The van der Waals surface area contributed by atoms with Crippen LogP contribution in [0.3, 0.4) is 0 Å². The number of carbonyl (C=O) groups excluding carboxylic acids is 1. The van der Waals surface area contributed by atoms with Gasteiger partial charge in [-0.1, -0.05) is 60.7 Å². The number of carbonyl (C=O) groups is 1. The SMILES string of the molecule is C=O.[C-]#[N+]C1(c2ccccc2)CCN(C)CC1.[C-]#[N+]C1(c2ccccc2)CCNCC1. The summed E-state index contributed by atoms with van der Waals surface area (Å²) in [5.41, 5.74) is 1.85. The van der Waals surface area contributed by atoms with Crippen LogP contribution < -0.4 is 5.32 Å². The minimum absolute atomic E-state index is 0.256. The third-order valence-corrected chi connectivity index (χ3v) is 6.30. The maximum Gasteiger partial charge on any atom is 0.260 e. The first kappa shape index (κ1) is 24.3. The van der Waals surface area contributed by atoms with E-state index in [0.717, 1.165) is 51.9 Å². The number of nitrogens with zero attached hydrogens (tertiary/aromatic N) is 3. The molecule has 2 saturated heterocycles. The van der Waals surface area contributed by atoms with Crippen molar-refractivity contribution in [2.24, 2.45) is 0 Å². The number of hydrogen-bond donors (Lipinski definition) is 1. The predicted molar refractivity (Wildman–Crippen MR) is 125 cm³/mol. The average Bonchev–Trinajstić information content (AvgIpc) is 2.88. The van der Waals surface area contributed by atoms with Gasteiger partial charge in [0.05, 0.1) is 0 Å². The third-order valence-electron chi connectivity index (χ3n) is 6.30. The summed E-state index contributed by atoms with van der Waals surface area (Å²) in [6.45, 7) is 20.8. The predicted octanol–water partition coefficient (Wildman–Crippen LogP) is 4.53. The summed E-state index contributed by atoms with van der Waals surface area (Å²) in [5, 5.41) is 3.30. The van der Waals surface area contributed by atoms with Gasteiger partial charge in [0.1, 0.15) is 6.79 Å². The molecule has 2 heterocycles. The van der Waals surface area contributed by atoms with Crippen LogP contribution in [-0.4, -0.2) is 44.9 Å². The van der Waals surface area contributed by atoms with E-state index in [1.165, 1.54) is 11.1 Å². The van der Waals surface area contributed by atoms with E-state index in [0.29, 0.717) is 0 Å². The molecule has 2 fully saturated rings. The number of likely N-dealkylation sites (tertiary alicyclic amines) is 1. The van der Waals surface area contributed by atoms with Crippen molar-refractivity contribution in [2.45, 2.75) is 36.8 Å². The lowest BCUT2D eigenvalue weighted by atomic mass is 9.82. The summed E-state index contributed by atoms with van der Waals surface area (Å²) in [7, 11) is 2.12. The van der Waals surface area contributed by atoms with E-state index in [9.17, 15) is 0 Å². The summed E-state index contributed by atoms with van der Waals surface area (Å²) in [4.78, 5) is 18.1. The average molecular weight is 417 g/mol. The highest BCUT2D eigenvalue weighted by molar-refractivity contribution is 5.30. The molecular weight excluding hydrogens is 384 g/mol. The zero-order valence-corrected chi connectivity index (χ0v) is 18.4. The van der Waals surface area contributed by atoms with Gasteiger partial charge in [0.15, 0.2) is 0 Å². The Kier molecular flexibility index (Phi) is 9.40. The largest absolute Gasteiger partial charge is 0.316 e. The molecule has 1 N–H and O–H groups in total. The highest BCUT2D eigenvalue weighted by atomic mass is 16.1. The molecule has 0 spiro atoms. The molecule has 0 radical (unpaired) electrons. The summed E-state index contributed by atoms with van der Waals surface area (Å²) < 4.78 is 0. The molecule has 31 heavy (non-hydrogen) atoms. The molecule has 4 rings (SSSR count). The number of benzene rings is 2. The molecule has 2 aliphatic heterocycles. The third kappa shape index (κ3) is 6.01. The summed E-state index contributed by atoms with van der Waals surface area (Å²) in [5.74, 6) is 0. The van der Waals surface area contributed by atoms with E-state index >= 15 is 0 Å². The van der Waals surface area contributed by atoms with Gasteiger partial charge in [-0.2, -0.15) is 0 Å². The molecule has 2 aromatic carbocycles. The molecule has 0 bridgehead atoms. The number of hydrogen-bond acceptors (Lipinski definition) is 3. The topological polar surface area (TPSA) is 41.1 Å². The van der Waals surface area contributed by atoms with Gasteiger partial charge in [0.2, 0.25) is 0 Å². The lowest BCUT2D eigenvalue weighted by molar-refractivity contribution is -0.0979. The van der Waals surface area contributed by atoms with Crippen LogP contribution >= 0.6 is 0 Å². The van der Waals surface area contributed by atoms with Gasteiger partial charge in [0, 0.05) is 63.0 Å². The van der Waals surface area contributed by atoms with E-state index in [4.69, 9.17) is 17.9 Å². The Bertz CT molecular complexity index is 856. The summed E-state index contributed by atoms with van der Waals surface area (Å²) >= 11 is 0. The Labute approximate surface area is 186 Å². The van der Waals surface area contributed by atoms with E-state index in [1.54, 1.807) is 0 Å². The van der Waals surface area contributed by atoms with Crippen LogP contribution in [0.4, 0.5) is 0 Å². The Morgan fingerprint density at radius 1 is 0.774 bits per heavy atom. The molecule has 0 aliphatic carbocycles. The Morgan fingerprint density at radius 3 is 1.55 bits per heavy atom. The van der Waals surface area contributed by atoms with Crippen LogP contribution in [0.2, 0.25) is 0 Å². The van der Waals surface area contributed by atoms with Crippen molar-refractivity contribution < 1.29 is 4.79 Å². The minimum Gasteiger partial charge on any atom is -0.316 e. The normalized spacial score (nSPS) is 19.2. The first-order valence-electron chi connectivity index (χ1n) is 10.7. The number of piperidine rings is 2. The van der Waals surface area contributed by atoms with Crippen molar-refractivity contribution in [2.75, 3.05) is 33.2 Å². The molecule has 0 amide bonds. The Morgan fingerprint density at radius 2 is 1.16 bits per heavy atom. The molecule has 0 aromatic heterocycles. The van der Waals surface area contributed by atoms with Crippen LogP contribution in [0, 0.1) is 13.1 Å². The smallest absolute Gasteiger partial charge is 0.260 e. The van der Waals surface area contributed by atoms with E-state index < -0.39 is 0 Å².